The van der Waals surface area contributed by atoms with E-state index in [4.69, 9.17) is 16.7 Å². The van der Waals surface area contributed by atoms with Gasteiger partial charge in [0.15, 0.2) is 0 Å². The van der Waals surface area contributed by atoms with Crippen LogP contribution in [0, 0.1) is 0 Å². The Balaban J connectivity index is 2.23. The molecule has 0 amide bonds. The number of aromatic nitrogens is 2. The monoisotopic (exact) mass is 226 g/mol. The third-order valence-corrected chi connectivity index (χ3v) is 2.76. The average Bonchev–Trinajstić information content (AvgIpc) is 1.96. The third kappa shape index (κ3) is 2.45. The second-order valence-electron chi connectivity index (χ2n) is 3.74. The van der Waals surface area contributed by atoms with Gasteiger partial charge in [0.2, 0.25) is 0 Å². The smallest absolute Gasteiger partial charge is 0.309 e. The Bertz CT molecular complexity index is 391. The van der Waals surface area contributed by atoms with E-state index in [1.54, 1.807) is 0 Å². The van der Waals surface area contributed by atoms with E-state index < -0.39 is 5.97 Å². The molecule has 1 fully saturated rings. The lowest BCUT2D eigenvalue weighted by molar-refractivity contribution is -0.136. The summed E-state index contributed by atoms with van der Waals surface area (Å²) < 4.78 is 0. The molecule has 15 heavy (non-hydrogen) atoms. The van der Waals surface area contributed by atoms with Crippen molar-refractivity contribution in [1.82, 2.24) is 9.97 Å². The first kappa shape index (κ1) is 10.4. The van der Waals surface area contributed by atoms with Crippen molar-refractivity contribution in [1.29, 1.82) is 0 Å². The first-order valence-corrected chi connectivity index (χ1v) is 5.28. The molecule has 0 aliphatic heterocycles. The Hall–Kier alpha value is -1.16. The first-order chi connectivity index (χ1) is 7.15. The van der Waals surface area contributed by atoms with Gasteiger partial charge in [0, 0.05) is 5.92 Å². The molecular weight excluding hydrogens is 216 g/mol. The quantitative estimate of drug-likeness (QED) is 0.801. The van der Waals surface area contributed by atoms with E-state index in [2.05, 4.69) is 9.97 Å². The van der Waals surface area contributed by atoms with Crippen LogP contribution in [0.3, 0.4) is 0 Å². The summed E-state index contributed by atoms with van der Waals surface area (Å²) in [4.78, 5) is 18.9. The van der Waals surface area contributed by atoms with Crippen molar-refractivity contribution in [3.8, 4) is 0 Å². The Morgan fingerprint density at radius 1 is 1.53 bits per heavy atom. The first-order valence-electron chi connectivity index (χ1n) is 4.90. The molecule has 1 aliphatic rings. The number of carboxylic acid groups (broad SMARTS) is 1. The van der Waals surface area contributed by atoms with Gasteiger partial charge in [-0.1, -0.05) is 18.0 Å². The summed E-state index contributed by atoms with van der Waals surface area (Å²) in [5.41, 5.74) is 0.490. The molecule has 0 aromatic carbocycles. The van der Waals surface area contributed by atoms with E-state index in [0.29, 0.717) is 22.6 Å². The van der Waals surface area contributed by atoms with E-state index in [1.165, 1.54) is 12.5 Å². The number of hydrogen-bond donors (Lipinski definition) is 1. The summed E-state index contributed by atoms with van der Waals surface area (Å²) in [7, 11) is 0. The minimum atomic E-state index is -0.899. The highest BCUT2D eigenvalue weighted by Crippen LogP contribution is 2.34. The Kier molecular flexibility index (Phi) is 2.86. The van der Waals surface area contributed by atoms with Crippen LogP contribution >= 0.6 is 11.6 Å². The molecule has 0 radical (unpaired) electrons. The maximum absolute atomic E-state index is 10.5. The molecule has 1 heterocycles. The van der Waals surface area contributed by atoms with Crippen molar-refractivity contribution in [3.63, 3.8) is 0 Å². The standard InChI is InChI=1S/C10H11ClN2O2/c11-8-4-7(5-9(14)15)12-10(13-8)6-2-1-3-6/h4,6H,1-3,5H2,(H,14,15). The van der Waals surface area contributed by atoms with E-state index in [0.717, 1.165) is 12.8 Å². The van der Waals surface area contributed by atoms with Crippen molar-refractivity contribution in [2.24, 2.45) is 0 Å². The van der Waals surface area contributed by atoms with Gasteiger partial charge in [0.25, 0.3) is 0 Å². The van der Waals surface area contributed by atoms with Gasteiger partial charge in [-0.15, -0.1) is 0 Å². The highest BCUT2D eigenvalue weighted by Gasteiger charge is 2.23. The Labute approximate surface area is 92.3 Å². The van der Waals surface area contributed by atoms with Crippen LogP contribution in [-0.2, 0) is 11.2 Å². The molecular formula is C10H11ClN2O2. The van der Waals surface area contributed by atoms with Gasteiger partial charge in [-0.3, -0.25) is 4.79 Å². The SMILES string of the molecule is O=C(O)Cc1cc(Cl)nc(C2CCC2)n1. The predicted octanol–water partition coefficient (Wildman–Crippen LogP) is 2.02. The van der Waals surface area contributed by atoms with Crippen molar-refractivity contribution in [2.45, 2.75) is 31.6 Å². The summed E-state index contributed by atoms with van der Waals surface area (Å²) in [5.74, 6) is 0.172. The molecule has 0 spiro atoms. The van der Waals surface area contributed by atoms with Gasteiger partial charge in [0.1, 0.15) is 11.0 Å². The van der Waals surface area contributed by atoms with Crippen LogP contribution in [0.2, 0.25) is 5.15 Å². The fourth-order valence-electron chi connectivity index (χ4n) is 1.58. The van der Waals surface area contributed by atoms with Gasteiger partial charge in [-0.2, -0.15) is 0 Å². The van der Waals surface area contributed by atoms with Crippen molar-refractivity contribution in [2.75, 3.05) is 0 Å². The number of hydrogen-bond acceptors (Lipinski definition) is 3. The van der Waals surface area contributed by atoms with Gasteiger partial charge < -0.3 is 5.11 Å². The molecule has 1 aromatic rings. The molecule has 0 saturated heterocycles. The zero-order valence-electron chi connectivity index (χ0n) is 8.11. The zero-order chi connectivity index (χ0) is 10.8. The summed E-state index contributed by atoms with van der Waals surface area (Å²) in [6.45, 7) is 0. The van der Waals surface area contributed by atoms with Crippen LogP contribution in [0.4, 0.5) is 0 Å². The highest BCUT2D eigenvalue weighted by atomic mass is 35.5. The van der Waals surface area contributed by atoms with Crippen LogP contribution in [0.25, 0.3) is 0 Å². The molecule has 0 bridgehead atoms. The lowest BCUT2D eigenvalue weighted by Gasteiger charge is -2.23. The van der Waals surface area contributed by atoms with Gasteiger partial charge >= 0.3 is 5.97 Å². The van der Waals surface area contributed by atoms with Crippen LogP contribution < -0.4 is 0 Å². The lowest BCUT2D eigenvalue weighted by atomic mass is 9.85. The number of nitrogens with zero attached hydrogens (tertiary/aromatic N) is 2. The van der Waals surface area contributed by atoms with Crippen molar-refractivity contribution >= 4 is 17.6 Å². The predicted molar refractivity (Wildman–Crippen MR) is 55.0 cm³/mol. The molecule has 0 unspecified atom stereocenters. The number of halogens is 1. The van der Waals surface area contributed by atoms with Crippen molar-refractivity contribution in [3.05, 3.63) is 22.7 Å². The number of aliphatic carboxylic acids is 1. The van der Waals surface area contributed by atoms with Crippen LogP contribution in [0.1, 0.15) is 36.7 Å². The van der Waals surface area contributed by atoms with E-state index in [9.17, 15) is 4.79 Å². The summed E-state index contributed by atoms with van der Waals surface area (Å²) >= 11 is 5.81. The second-order valence-corrected chi connectivity index (χ2v) is 4.13. The molecule has 2 rings (SSSR count). The summed E-state index contributed by atoms with van der Waals surface area (Å²) in [5, 5.41) is 8.99. The third-order valence-electron chi connectivity index (χ3n) is 2.57. The molecule has 1 saturated carbocycles. The average molecular weight is 227 g/mol. The maximum atomic E-state index is 10.5. The number of carbonyl (C=O) groups is 1. The largest absolute Gasteiger partial charge is 0.481 e. The van der Waals surface area contributed by atoms with E-state index >= 15 is 0 Å². The fourth-order valence-corrected chi connectivity index (χ4v) is 1.79. The minimum Gasteiger partial charge on any atom is -0.481 e. The number of rotatable bonds is 3. The van der Waals surface area contributed by atoms with E-state index in [1.807, 2.05) is 0 Å². The van der Waals surface area contributed by atoms with Crippen LogP contribution in [-0.4, -0.2) is 21.0 Å². The lowest BCUT2D eigenvalue weighted by Crippen LogP contribution is -2.14. The van der Waals surface area contributed by atoms with Crippen molar-refractivity contribution < 1.29 is 9.90 Å². The van der Waals surface area contributed by atoms with Gasteiger partial charge in [-0.05, 0) is 18.9 Å². The Morgan fingerprint density at radius 3 is 2.80 bits per heavy atom. The van der Waals surface area contributed by atoms with Crippen LogP contribution in [0.5, 0.6) is 0 Å². The summed E-state index contributed by atoms with van der Waals surface area (Å²) in [6, 6.07) is 1.51. The normalized spacial score (nSPS) is 16.1. The van der Waals surface area contributed by atoms with Gasteiger partial charge in [-0.25, -0.2) is 9.97 Å². The van der Waals surface area contributed by atoms with Gasteiger partial charge in [0.05, 0.1) is 12.1 Å². The Morgan fingerprint density at radius 2 is 2.27 bits per heavy atom. The maximum Gasteiger partial charge on any atom is 0.309 e. The minimum absolute atomic E-state index is 0.0953. The molecule has 4 nitrogen and oxygen atoms in total. The van der Waals surface area contributed by atoms with Crippen LogP contribution in [0.15, 0.2) is 6.07 Å². The number of carboxylic acids is 1. The molecule has 1 aromatic heterocycles. The fraction of sp³-hybridized carbons (Fsp3) is 0.500. The topological polar surface area (TPSA) is 63.1 Å². The summed E-state index contributed by atoms with van der Waals surface area (Å²) in [6.07, 6.45) is 3.25. The second kappa shape index (κ2) is 4.14. The zero-order valence-corrected chi connectivity index (χ0v) is 8.87. The molecule has 1 aliphatic carbocycles. The highest BCUT2D eigenvalue weighted by molar-refractivity contribution is 6.29. The molecule has 1 N–H and O–H groups in total. The van der Waals surface area contributed by atoms with E-state index in [-0.39, 0.29) is 6.42 Å². The molecule has 5 heteroatoms. The molecule has 0 atom stereocenters. The molecule has 80 valence electrons.